The number of fused-ring (bicyclic) bond motifs is 1. The number of rotatable bonds is 5. The largest absolute Gasteiger partial charge is 0.396 e. The Morgan fingerprint density at radius 1 is 1.47 bits per heavy atom. The van der Waals surface area contributed by atoms with Gasteiger partial charge in [0, 0.05) is 17.6 Å². The maximum atomic E-state index is 9.35. The molecule has 92 valence electrons. The Labute approximate surface area is 106 Å². The smallest absolute Gasteiger partial charge is 0.0813 e. The summed E-state index contributed by atoms with van der Waals surface area (Å²) in [7, 11) is 0. The van der Waals surface area contributed by atoms with Crippen molar-refractivity contribution in [1.82, 2.24) is 4.98 Å². The van der Waals surface area contributed by atoms with Gasteiger partial charge >= 0.3 is 0 Å². The molecule has 0 saturated carbocycles. The highest BCUT2D eigenvalue weighted by Gasteiger charge is 2.20. The van der Waals surface area contributed by atoms with E-state index in [0.29, 0.717) is 0 Å². The van der Waals surface area contributed by atoms with Crippen molar-refractivity contribution in [3.63, 3.8) is 0 Å². The first-order valence-electron chi connectivity index (χ1n) is 5.85. The minimum Gasteiger partial charge on any atom is -0.396 e. The lowest BCUT2D eigenvalue weighted by molar-refractivity contribution is 0.149. The van der Waals surface area contributed by atoms with E-state index < -0.39 is 0 Å². The van der Waals surface area contributed by atoms with Gasteiger partial charge in [0.25, 0.3) is 0 Å². The lowest BCUT2D eigenvalue weighted by Gasteiger charge is -2.26. The second kappa shape index (κ2) is 5.02. The van der Waals surface area contributed by atoms with Gasteiger partial charge in [-0.15, -0.1) is 11.3 Å². The van der Waals surface area contributed by atoms with Gasteiger partial charge in [-0.1, -0.05) is 13.8 Å². The molecular formula is C13H18N2OS. The van der Waals surface area contributed by atoms with Crippen molar-refractivity contribution in [2.45, 2.75) is 20.3 Å². The van der Waals surface area contributed by atoms with Crippen molar-refractivity contribution < 1.29 is 5.11 Å². The van der Waals surface area contributed by atoms with E-state index in [1.807, 2.05) is 17.6 Å². The van der Waals surface area contributed by atoms with Crippen LogP contribution >= 0.6 is 11.3 Å². The molecule has 1 atom stereocenters. The van der Waals surface area contributed by atoms with E-state index >= 15 is 0 Å². The minimum atomic E-state index is -0.0529. The molecule has 1 aromatic carbocycles. The molecule has 0 bridgehead atoms. The quantitative estimate of drug-likeness (QED) is 0.857. The van der Waals surface area contributed by atoms with Crippen LogP contribution in [0, 0.1) is 5.41 Å². The van der Waals surface area contributed by atoms with E-state index in [-0.39, 0.29) is 12.0 Å². The van der Waals surface area contributed by atoms with Crippen molar-refractivity contribution in [3.8, 4) is 0 Å². The fraction of sp³-hybridized carbons (Fsp3) is 0.462. The summed E-state index contributed by atoms with van der Waals surface area (Å²) < 4.78 is 1.19. The molecule has 4 heteroatoms. The molecule has 1 aromatic heterocycles. The monoisotopic (exact) mass is 250 g/mol. The van der Waals surface area contributed by atoms with Crippen LogP contribution in [-0.2, 0) is 0 Å². The van der Waals surface area contributed by atoms with Crippen LogP contribution in [0.3, 0.4) is 0 Å². The first kappa shape index (κ1) is 12.3. The van der Waals surface area contributed by atoms with Gasteiger partial charge in [0.05, 0.1) is 22.3 Å². The predicted molar refractivity (Wildman–Crippen MR) is 73.6 cm³/mol. The molecule has 17 heavy (non-hydrogen) atoms. The molecule has 0 aliphatic carbocycles. The summed E-state index contributed by atoms with van der Waals surface area (Å²) in [4.78, 5) is 4.25. The van der Waals surface area contributed by atoms with Gasteiger partial charge < -0.3 is 10.4 Å². The third-order valence-electron chi connectivity index (χ3n) is 3.29. The van der Waals surface area contributed by atoms with E-state index in [2.05, 4.69) is 30.2 Å². The van der Waals surface area contributed by atoms with Crippen molar-refractivity contribution in [2.24, 2.45) is 5.41 Å². The van der Waals surface area contributed by atoms with Gasteiger partial charge in [0.2, 0.25) is 0 Å². The SMILES string of the molecule is CCC(C)(CO)CNc1ccc2ncsc2c1. The van der Waals surface area contributed by atoms with Crippen LogP contribution in [-0.4, -0.2) is 23.2 Å². The van der Waals surface area contributed by atoms with Gasteiger partial charge in [-0.05, 0) is 24.6 Å². The fourth-order valence-electron chi connectivity index (χ4n) is 1.57. The van der Waals surface area contributed by atoms with Crippen LogP contribution in [0.5, 0.6) is 0 Å². The third-order valence-corrected chi connectivity index (χ3v) is 4.08. The molecule has 2 aromatic rings. The number of benzene rings is 1. The molecule has 0 spiro atoms. The molecule has 0 aliphatic rings. The van der Waals surface area contributed by atoms with Crippen LogP contribution in [0.25, 0.3) is 10.2 Å². The molecule has 0 radical (unpaired) electrons. The maximum absolute atomic E-state index is 9.35. The van der Waals surface area contributed by atoms with E-state index in [1.165, 1.54) is 4.70 Å². The Morgan fingerprint density at radius 3 is 3.00 bits per heavy atom. The number of aromatic nitrogens is 1. The number of aliphatic hydroxyl groups is 1. The summed E-state index contributed by atoms with van der Waals surface area (Å²) in [5, 5.41) is 12.7. The van der Waals surface area contributed by atoms with E-state index in [1.54, 1.807) is 11.3 Å². The van der Waals surface area contributed by atoms with Gasteiger partial charge in [-0.2, -0.15) is 0 Å². The molecule has 2 N–H and O–H groups in total. The lowest BCUT2D eigenvalue weighted by atomic mass is 9.88. The van der Waals surface area contributed by atoms with Gasteiger partial charge in [0.1, 0.15) is 0 Å². The highest BCUT2D eigenvalue weighted by molar-refractivity contribution is 7.16. The first-order chi connectivity index (χ1) is 8.17. The van der Waals surface area contributed by atoms with Gasteiger partial charge in [0.15, 0.2) is 0 Å². The average molecular weight is 250 g/mol. The predicted octanol–water partition coefficient (Wildman–Crippen LogP) is 3.12. The van der Waals surface area contributed by atoms with Crippen LogP contribution in [0.1, 0.15) is 20.3 Å². The minimum absolute atomic E-state index is 0.0529. The number of aliphatic hydroxyl groups excluding tert-OH is 1. The topological polar surface area (TPSA) is 45.1 Å². The third kappa shape index (κ3) is 2.76. The molecule has 0 amide bonds. The number of hydrogen-bond acceptors (Lipinski definition) is 4. The summed E-state index contributed by atoms with van der Waals surface area (Å²) in [5.41, 5.74) is 3.94. The molecular weight excluding hydrogens is 232 g/mol. The van der Waals surface area contributed by atoms with Crippen molar-refractivity contribution in [1.29, 1.82) is 0 Å². The first-order valence-corrected chi connectivity index (χ1v) is 6.73. The van der Waals surface area contributed by atoms with Gasteiger partial charge in [-0.25, -0.2) is 4.98 Å². The van der Waals surface area contributed by atoms with E-state index in [4.69, 9.17) is 0 Å². The fourth-order valence-corrected chi connectivity index (χ4v) is 2.29. The number of anilines is 1. The van der Waals surface area contributed by atoms with Crippen molar-refractivity contribution in [3.05, 3.63) is 23.7 Å². The molecule has 2 rings (SSSR count). The Hall–Kier alpha value is -1.13. The summed E-state index contributed by atoms with van der Waals surface area (Å²) >= 11 is 1.65. The molecule has 1 unspecified atom stereocenters. The molecule has 0 fully saturated rings. The molecule has 1 heterocycles. The van der Waals surface area contributed by atoms with Crippen molar-refractivity contribution >= 4 is 27.2 Å². The Kier molecular flexibility index (Phi) is 3.64. The van der Waals surface area contributed by atoms with E-state index in [0.717, 1.165) is 24.2 Å². The zero-order valence-corrected chi connectivity index (χ0v) is 11.0. The normalized spacial score (nSPS) is 14.8. The standard InChI is InChI=1S/C13H18N2OS/c1-3-13(2,8-16)7-14-10-4-5-11-12(6-10)17-9-15-11/h4-6,9,14,16H,3,7-8H2,1-2H3. The van der Waals surface area contributed by atoms with Crippen LogP contribution in [0.15, 0.2) is 23.7 Å². The number of hydrogen-bond donors (Lipinski definition) is 2. The zero-order chi connectivity index (χ0) is 12.3. The van der Waals surface area contributed by atoms with E-state index in [9.17, 15) is 5.11 Å². The number of nitrogens with one attached hydrogen (secondary N) is 1. The van der Waals surface area contributed by atoms with Crippen LogP contribution < -0.4 is 5.32 Å². The number of nitrogens with zero attached hydrogens (tertiary/aromatic N) is 1. The van der Waals surface area contributed by atoms with Crippen molar-refractivity contribution in [2.75, 3.05) is 18.5 Å². The Balaban J connectivity index is 2.08. The van der Waals surface area contributed by atoms with Crippen LogP contribution in [0.2, 0.25) is 0 Å². The molecule has 0 saturated heterocycles. The Morgan fingerprint density at radius 2 is 2.29 bits per heavy atom. The Bertz CT molecular complexity index is 491. The summed E-state index contributed by atoms with van der Waals surface area (Å²) in [6.45, 7) is 5.18. The summed E-state index contributed by atoms with van der Waals surface area (Å²) in [6, 6.07) is 6.17. The number of thiazole rings is 1. The molecule has 0 aliphatic heterocycles. The second-order valence-electron chi connectivity index (χ2n) is 4.71. The van der Waals surface area contributed by atoms with Gasteiger partial charge in [-0.3, -0.25) is 0 Å². The highest BCUT2D eigenvalue weighted by Crippen LogP contribution is 2.24. The van der Waals surface area contributed by atoms with Crippen LogP contribution in [0.4, 0.5) is 5.69 Å². The zero-order valence-electron chi connectivity index (χ0n) is 10.2. The summed E-state index contributed by atoms with van der Waals surface area (Å²) in [6.07, 6.45) is 0.958. The highest BCUT2D eigenvalue weighted by atomic mass is 32.1. The second-order valence-corrected chi connectivity index (χ2v) is 5.60. The molecule has 3 nitrogen and oxygen atoms in total. The summed E-state index contributed by atoms with van der Waals surface area (Å²) in [5.74, 6) is 0. The lowest BCUT2D eigenvalue weighted by Crippen LogP contribution is -2.29. The average Bonchev–Trinajstić information content (AvgIpc) is 2.83. The maximum Gasteiger partial charge on any atom is 0.0813 e.